The van der Waals surface area contributed by atoms with Gasteiger partial charge in [-0.3, -0.25) is 4.79 Å². The van der Waals surface area contributed by atoms with E-state index in [4.69, 9.17) is 22.7 Å². The van der Waals surface area contributed by atoms with Crippen molar-refractivity contribution < 1.29 is 13.9 Å². The van der Waals surface area contributed by atoms with Gasteiger partial charge in [-0.25, -0.2) is 4.39 Å². The fourth-order valence-corrected chi connectivity index (χ4v) is 3.50. The molecule has 2 aromatic rings. The molecule has 1 aliphatic rings. The van der Waals surface area contributed by atoms with Crippen molar-refractivity contribution in [3.63, 3.8) is 0 Å². The van der Waals surface area contributed by atoms with Gasteiger partial charge >= 0.3 is 0 Å². The minimum atomic E-state index is -0.297. The first-order valence-corrected chi connectivity index (χ1v) is 9.61. The largest absolute Gasteiger partial charge is 0.389 e. The molecule has 3 N–H and O–H groups in total. The SMILES string of the molecule is C[C@H]1CN(c2ccc(CNC(=O)c3ccc(C(N)=S)cc3)cc2F)C[C@H](C)O1. The van der Waals surface area contributed by atoms with E-state index in [0.29, 0.717) is 35.5 Å². The maximum atomic E-state index is 14.6. The molecule has 1 heterocycles. The molecule has 0 unspecified atom stereocenters. The van der Waals surface area contributed by atoms with Gasteiger partial charge in [0, 0.05) is 30.8 Å². The lowest BCUT2D eigenvalue weighted by Gasteiger charge is -2.37. The van der Waals surface area contributed by atoms with Crippen LogP contribution in [0, 0.1) is 5.82 Å². The summed E-state index contributed by atoms with van der Waals surface area (Å²) in [6, 6.07) is 11.8. The number of amides is 1. The van der Waals surface area contributed by atoms with E-state index in [0.717, 1.165) is 0 Å². The highest BCUT2D eigenvalue weighted by Crippen LogP contribution is 2.24. The summed E-state index contributed by atoms with van der Waals surface area (Å²) in [6.45, 7) is 5.51. The Morgan fingerprint density at radius 2 is 1.79 bits per heavy atom. The topological polar surface area (TPSA) is 67.6 Å². The number of hydrogen-bond acceptors (Lipinski definition) is 4. The number of nitrogens with one attached hydrogen (secondary N) is 1. The van der Waals surface area contributed by atoms with Crippen molar-refractivity contribution in [2.45, 2.75) is 32.6 Å². The zero-order chi connectivity index (χ0) is 20.3. The van der Waals surface area contributed by atoms with E-state index in [9.17, 15) is 9.18 Å². The number of ether oxygens (including phenoxy) is 1. The molecule has 0 aliphatic carbocycles. The molecule has 0 aromatic heterocycles. The molecular formula is C21H24FN3O2S. The third-order valence-electron chi connectivity index (χ3n) is 4.66. The van der Waals surface area contributed by atoms with Gasteiger partial charge in [-0.05, 0) is 43.7 Å². The summed E-state index contributed by atoms with van der Waals surface area (Å²) >= 11 is 4.90. The van der Waals surface area contributed by atoms with Gasteiger partial charge in [-0.15, -0.1) is 0 Å². The number of carbonyl (C=O) groups is 1. The van der Waals surface area contributed by atoms with Gasteiger partial charge in [0.15, 0.2) is 0 Å². The Labute approximate surface area is 169 Å². The van der Waals surface area contributed by atoms with Crippen LogP contribution in [0.5, 0.6) is 0 Å². The number of benzene rings is 2. The van der Waals surface area contributed by atoms with Crippen molar-refractivity contribution >= 4 is 28.8 Å². The number of nitrogens with zero attached hydrogens (tertiary/aromatic N) is 1. The molecule has 0 spiro atoms. The quantitative estimate of drug-likeness (QED) is 0.754. The Morgan fingerprint density at radius 3 is 2.36 bits per heavy atom. The molecule has 2 atom stereocenters. The first-order valence-electron chi connectivity index (χ1n) is 9.20. The van der Waals surface area contributed by atoms with Crippen LogP contribution in [0.25, 0.3) is 0 Å². The Morgan fingerprint density at radius 1 is 1.18 bits per heavy atom. The van der Waals surface area contributed by atoms with Crippen LogP contribution in [0.15, 0.2) is 42.5 Å². The van der Waals surface area contributed by atoms with Crippen molar-refractivity contribution in [3.05, 3.63) is 65.0 Å². The predicted octanol–water partition coefficient (Wildman–Crippen LogP) is 3.00. The second kappa shape index (κ2) is 8.67. The highest BCUT2D eigenvalue weighted by atomic mass is 32.1. The minimum Gasteiger partial charge on any atom is -0.389 e. The number of carbonyl (C=O) groups excluding carboxylic acids is 1. The third kappa shape index (κ3) is 4.85. The first-order chi connectivity index (χ1) is 13.3. The van der Waals surface area contributed by atoms with Crippen molar-refractivity contribution in [1.29, 1.82) is 0 Å². The molecule has 5 nitrogen and oxygen atoms in total. The van der Waals surface area contributed by atoms with Crippen LogP contribution in [0.3, 0.4) is 0 Å². The summed E-state index contributed by atoms with van der Waals surface area (Å²) in [4.78, 5) is 14.6. The fourth-order valence-electron chi connectivity index (χ4n) is 3.36. The fraction of sp³-hybridized carbons (Fsp3) is 0.333. The standard InChI is InChI=1S/C21H24FN3O2S/c1-13-11-25(12-14(2)27-13)19-8-3-15(9-18(19)22)10-24-21(26)17-6-4-16(5-7-17)20(23)28/h3-9,13-14H,10-12H2,1-2H3,(H2,23,28)(H,24,26)/t13-,14-/m0/s1. The van der Waals surface area contributed by atoms with Crippen LogP contribution in [0.1, 0.15) is 35.3 Å². The summed E-state index contributed by atoms with van der Waals surface area (Å²) in [6.07, 6.45) is 0.115. The van der Waals surface area contributed by atoms with Crippen molar-refractivity contribution in [2.24, 2.45) is 5.73 Å². The number of rotatable bonds is 5. The maximum Gasteiger partial charge on any atom is 0.251 e. The Kier molecular flexibility index (Phi) is 6.26. The van der Waals surface area contributed by atoms with Gasteiger partial charge in [-0.1, -0.05) is 30.4 Å². The van der Waals surface area contributed by atoms with Crippen LogP contribution in [0.4, 0.5) is 10.1 Å². The smallest absolute Gasteiger partial charge is 0.251 e. The molecule has 28 heavy (non-hydrogen) atoms. The summed E-state index contributed by atoms with van der Waals surface area (Å²) in [5, 5.41) is 2.80. The normalized spacial score (nSPS) is 19.3. The summed E-state index contributed by atoms with van der Waals surface area (Å²) < 4.78 is 20.3. The molecule has 3 rings (SSSR count). The van der Waals surface area contributed by atoms with E-state index in [-0.39, 0.29) is 35.5 Å². The van der Waals surface area contributed by atoms with Crippen molar-refractivity contribution in [3.8, 4) is 0 Å². The molecule has 1 fully saturated rings. The lowest BCUT2D eigenvalue weighted by atomic mass is 10.1. The first kappa shape index (κ1) is 20.2. The van der Waals surface area contributed by atoms with E-state index in [2.05, 4.69) is 5.32 Å². The molecule has 0 saturated carbocycles. The van der Waals surface area contributed by atoms with Crippen LogP contribution in [0.2, 0.25) is 0 Å². The molecule has 1 aliphatic heterocycles. The lowest BCUT2D eigenvalue weighted by Crippen LogP contribution is -2.45. The molecule has 2 aromatic carbocycles. The van der Waals surface area contributed by atoms with Crippen LogP contribution < -0.4 is 16.0 Å². The molecule has 1 saturated heterocycles. The van der Waals surface area contributed by atoms with Gasteiger partial charge in [-0.2, -0.15) is 0 Å². The van der Waals surface area contributed by atoms with E-state index >= 15 is 0 Å². The van der Waals surface area contributed by atoms with Crippen molar-refractivity contribution in [1.82, 2.24) is 5.32 Å². The highest BCUT2D eigenvalue weighted by Gasteiger charge is 2.24. The molecule has 148 valence electrons. The van der Waals surface area contributed by atoms with E-state index in [1.807, 2.05) is 24.8 Å². The van der Waals surface area contributed by atoms with Crippen LogP contribution >= 0.6 is 12.2 Å². The van der Waals surface area contributed by atoms with Gasteiger partial charge in [0.1, 0.15) is 10.8 Å². The van der Waals surface area contributed by atoms with E-state index in [1.54, 1.807) is 30.3 Å². The number of anilines is 1. The van der Waals surface area contributed by atoms with Crippen molar-refractivity contribution in [2.75, 3.05) is 18.0 Å². The molecular weight excluding hydrogens is 377 g/mol. The van der Waals surface area contributed by atoms with E-state index < -0.39 is 0 Å². The van der Waals surface area contributed by atoms with Gasteiger partial charge in [0.2, 0.25) is 0 Å². The van der Waals surface area contributed by atoms with E-state index in [1.165, 1.54) is 6.07 Å². The molecule has 7 heteroatoms. The maximum absolute atomic E-state index is 14.6. The average Bonchev–Trinajstić information content (AvgIpc) is 2.65. The zero-order valence-corrected chi connectivity index (χ0v) is 16.8. The summed E-state index contributed by atoms with van der Waals surface area (Å²) in [5.74, 6) is -0.538. The van der Waals surface area contributed by atoms with Gasteiger partial charge < -0.3 is 20.7 Å². The number of hydrogen-bond donors (Lipinski definition) is 2. The average molecular weight is 402 g/mol. The third-order valence-corrected chi connectivity index (χ3v) is 4.89. The minimum absolute atomic E-state index is 0.0575. The zero-order valence-electron chi connectivity index (χ0n) is 15.9. The summed E-state index contributed by atoms with van der Waals surface area (Å²) in [7, 11) is 0. The predicted molar refractivity (Wildman–Crippen MR) is 112 cm³/mol. The molecule has 0 bridgehead atoms. The summed E-state index contributed by atoms with van der Waals surface area (Å²) in [5.41, 5.74) is 8.01. The molecule has 1 amide bonds. The second-order valence-corrected chi connectivity index (χ2v) is 7.51. The highest BCUT2D eigenvalue weighted by molar-refractivity contribution is 7.80. The Balaban J connectivity index is 1.62. The van der Waals surface area contributed by atoms with Crippen LogP contribution in [-0.4, -0.2) is 36.2 Å². The second-order valence-electron chi connectivity index (χ2n) is 7.07. The van der Waals surface area contributed by atoms with Crippen LogP contribution in [-0.2, 0) is 11.3 Å². The number of halogens is 1. The Bertz CT molecular complexity index is 862. The van der Waals surface area contributed by atoms with Gasteiger partial charge in [0.05, 0.1) is 17.9 Å². The molecule has 0 radical (unpaired) electrons. The number of thiocarbonyl (C=S) groups is 1. The van der Waals surface area contributed by atoms with Gasteiger partial charge in [0.25, 0.3) is 5.91 Å². The monoisotopic (exact) mass is 401 g/mol. The lowest BCUT2D eigenvalue weighted by molar-refractivity contribution is -0.00539. The number of nitrogens with two attached hydrogens (primary N) is 1. The Hall–Kier alpha value is -2.51. The number of morpholine rings is 1.